The summed E-state index contributed by atoms with van der Waals surface area (Å²) >= 11 is 0. The lowest BCUT2D eigenvalue weighted by molar-refractivity contribution is -0.151. The molecule has 4 saturated heterocycles. The number of aromatic amines is 1. The normalized spacial score (nSPS) is 25.9. The molecule has 0 saturated carbocycles. The van der Waals surface area contributed by atoms with Gasteiger partial charge in [-0.2, -0.15) is 9.97 Å². The van der Waals surface area contributed by atoms with Crippen LogP contribution in [0.25, 0.3) is 21.9 Å². The molecule has 5 aliphatic heterocycles. The van der Waals surface area contributed by atoms with Crippen molar-refractivity contribution in [3.63, 3.8) is 0 Å². The number of nitrogens with zero attached hydrogens (tertiary/aromatic N) is 10. The van der Waals surface area contributed by atoms with Crippen LogP contribution >= 0.6 is 15.6 Å². The van der Waals surface area contributed by atoms with Gasteiger partial charge in [0.2, 0.25) is 11.8 Å². The number of carbonyl (C=O) groups excluding carboxylic acids is 6. The van der Waals surface area contributed by atoms with E-state index in [9.17, 15) is 62.5 Å². The molecule has 0 bridgehead atoms. The minimum absolute atomic E-state index is 0.0522. The van der Waals surface area contributed by atoms with Crippen molar-refractivity contribution >= 4 is 90.6 Å². The number of aliphatic hydroxyl groups is 1. The summed E-state index contributed by atoms with van der Waals surface area (Å²) in [6.07, 6.45) is -11.7. The molecular formula is C57H59N13O25P2. The summed E-state index contributed by atoms with van der Waals surface area (Å²) < 4.78 is 99.6. The van der Waals surface area contributed by atoms with Crippen LogP contribution < -0.4 is 38.2 Å². The van der Waals surface area contributed by atoms with Crippen LogP contribution in [0.4, 0.5) is 17.5 Å². The summed E-state index contributed by atoms with van der Waals surface area (Å²) in [5, 5.41) is 16.5. The molecule has 0 spiro atoms. The largest absolute Gasteiger partial charge is 0.475 e. The highest BCUT2D eigenvalue weighted by Gasteiger charge is 2.50. The maximum Gasteiger partial charge on any atom is 0.475 e. The number of imide groups is 1. The Bertz CT molecular complexity index is 4590. The number of H-pyrrole nitrogens is 1. The van der Waals surface area contributed by atoms with Crippen molar-refractivity contribution in [3.05, 3.63) is 139 Å². The number of esters is 2. The van der Waals surface area contributed by atoms with Gasteiger partial charge >= 0.3 is 44.7 Å². The minimum Gasteiger partial charge on any atom is -0.460 e. The molecule has 38 nitrogen and oxygen atoms in total. The van der Waals surface area contributed by atoms with E-state index in [1.54, 1.807) is 36.4 Å². The van der Waals surface area contributed by atoms with Gasteiger partial charge in [0.1, 0.15) is 91.7 Å². The molecular weight excluding hydrogens is 1330 g/mol. The molecule has 5 aliphatic rings. The van der Waals surface area contributed by atoms with Gasteiger partial charge < -0.3 is 49.1 Å². The molecule has 2 aromatic carbocycles. The molecule has 10 heterocycles. The molecule has 14 atom stereocenters. The number of benzene rings is 2. The first-order valence-corrected chi connectivity index (χ1v) is 32.7. The lowest BCUT2D eigenvalue weighted by atomic mass is 9.94. The van der Waals surface area contributed by atoms with Gasteiger partial charge in [0, 0.05) is 94.5 Å². The number of rotatable bonds is 23. The number of imidazole rings is 1. The van der Waals surface area contributed by atoms with Crippen molar-refractivity contribution in [1.82, 2.24) is 48.2 Å². The van der Waals surface area contributed by atoms with Crippen LogP contribution in [0.3, 0.4) is 0 Å². The number of amides is 4. The molecule has 9 unspecified atom stereocenters. The lowest BCUT2D eigenvalue weighted by Crippen LogP contribution is -2.41. The zero-order valence-electron chi connectivity index (χ0n) is 51.3. The summed E-state index contributed by atoms with van der Waals surface area (Å²) in [6, 6.07) is 13.6. The monoisotopic (exact) mass is 1390 g/mol. The average molecular weight is 1390 g/mol. The van der Waals surface area contributed by atoms with Gasteiger partial charge in [-0.1, -0.05) is 24.3 Å². The van der Waals surface area contributed by atoms with Crippen LogP contribution in [-0.4, -0.2) is 169 Å². The Morgan fingerprint density at radius 2 is 1.08 bits per heavy atom. The predicted molar refractivity (Wildman–Crippen MR) is 325 cm³/mol. The highest BCUT2D eigenvalue weighted by molar-refractivity contribution is 7.48. The van der Waals surface area contributed by atoms with E-state index < -0.39 is 180 Å². The van der Waals surface area contributed by atoms with Gasteiger partial charge in [-0.3, -0.25) is 79.4 Å². The van der Waals surface area contributed by atoms with E-state index in [2.05, 4.69) is 40.5 Å². The average Bonchev–Trinajstić information content (AvgIpc) is 1.10. The van der Waals surface area contributed by atoms with Crippen LogP contribution in [-0.2, 0) is 79.3 Å². The highest BCUT2D eigenvalue weighted by atomic mass is 31.2. The molecule has 4 amide bonds. The van der Waals surface area contributed by atoms with Crippen molar-refractivity contribution in [2.24, 2.45) is 0 Å². The number of fused-ring (bicyclic) bond motifs is 1. The summed E-state index contributed by atoms with van der Waals surface area (Å²) in [5.41, 5.74) is -3.19. The standard InChI is InChI=1S/C57H59N13O25P2/c1-27(72)61-42-11-14-66(55(79)63-42)45-17-34(88-29(3)74)39(91-45)22-85-96(82,83)94-37-20-48(69-26-60-50-51(69)58-25-59-52(50)70-53(77)32-9-5-7-31-8-6-10-33(49(31)32)54(70)78)93-41(37)24-87-97(84,95-36-19-47(90-38(36)21-71)68-16-13-44(76)65-57(68)81)86-23-40-35(89-30(4)75)18-46(92-40)67-15-12-43(62-28(2)73)64-56(67)80/h5-16,25-26,34-41,45-48,71H,17-24H2,1-4H3,(H,82,83)(H,65,76,81)(H,61,63,72,79)(H,62,64,73,80)/t34?,35?,36?,37-,38+,39?,40?,41-,45?,46?,47+,48-,97?/m0/s1. The van der Waals surface area contributed by atoms with Crippen molar-refractivity contribution in [2.75, 3.05) is 42.0 Å². The number of phosphoric ester groups is 2. The SMILES string of the molecule is CC(=O)Nc1ccn(C2CC(OC(C)=O)C(COP(=O)(O)O[C@H]3C[C@@H](n4cnc5c(N6C(=O)c7cccc8cccc(c78)C6=O)ncnc54)O[C@H]3COP(=O)(OCC3OC(n4ccc(NC(C)=O)nc4=O)CC3OC(C)=O)OC3C[C@H](n4ccc(=O)[nH]c4=O)O[C@@H]3CO)O2)c(=O)n1. The molecule has 512 valence electrons. The number of ether oxygens (including phenoxy) is 6. The molecule has 5 aromatic heterocycles. The van der Waals surface area contributed by atoms with Crippen LogP contribution in [0.2, 0.25) is 0 Å². The maximum atomic E-state index is 15.6. The number of nitrogens with one attached hydrogen (secondary N) is 3. The molecule has 40 heteroatoms. The summed E-state index contributed by atoms with van der Waals surface area (Å²) in [7, 11) is -10.7. The van der Waals surface area contributed by atoms with Crippen molar-refractivity contribution in [1.29, 1.82) is 0 Å². The highest BCUT2D eigenvalue weighted by Crippen LogP contribution is 2.56. The van der Waals surface area contributed by atoms with Crippen LogP contribution in [0.15, 0.2) is 105 Å². The number of hydrogen-bond donors (Lipinski definition) is 5. The van der Waals surface area contributed by atoms with Gasteiger partial charge in [0.05, 0.1) is 32.8 Å². The lowest BCUT2D eigenvalue weighted by Gasteiger charge is -2.27. The second kappa shape index (κ2) is 27.7. The maximum absolute atomic E-state index is 15.6. The van der Waals surface area contributed by atoms with E-state index in [4.69, 9.17) is 51.0 Å². The first-order valence-electron chi connectivity index (χ1n) is 29.7. The predicted octanol–water partition coefficient (Wildman–Crippen LogP) is 1.80. The van der Waals surface area contributed by atoms with E-state index in [-0.39, 0.29) is 59.0 Å². The van der Waals surface area contributed by atoms with Gasteiger partial charge in [-0.05, 0) is 29.7 Å². The molecule has 7 aromatic rings. The van der Waals surface area contributed by atoms with E-state index in [0.29, 0.717) is 10.8 Å². The third kappa shape index (κ3) is 14.6. The van der Waals surface area contributed by atoms with Crippen LogP contribution in [0.1, 0.15) is 99.0 Å². The fourth-order valence-electron chi connectivity index (χ4n) is 11.8. The molecule has 0 aliphatic carbocycles. The number of anilines is 3. The van der Waals surface area contributed by atoms with E-state index in [1.807, 2.05) is 0 Å². The Kier molecular flexibility index (Phi) is 19.3. The second-order valence-electron chi connectivity index (χ2n) is 22.6. The number of carbonyl (C=O) groups is 6. The Hall–Kier alpha value is -9.27. The zero-order valence-corrected chi connectivity index (χ0v) is 53.1. The minimum atomic E-state index is -5.42. The fourth-order valence-corrected chi connectivity index (χ4v) is 14.2. The summed E-state index contributed by atoms with van der Waals surface area (Å²) in [5.74, 6) is -4.44. The van der Waals surface area contributed by atoms with Gasteiger partial charge in [-0.25, -0.2) is 43.4 Å². The Balaban J connectivity index is 0.850. The zero-order chi connectivity index (χ0) is 68.8. The van der Waals surface area contributed by atoms with Crippen molar-refractivity contribution in [2.45, 2.75) is 127 Å². The quantitative estimate of drug-likeness (QED) is 0.0346. The van der Waals surface area contributed by atoms with Crippen LogP contribution in [0.5, 0.6) is 0 Å². The first-order chi connectivity index (χ1) is 46.3. The Morgan fingerprint density at radius 1 is 0.598 bits per heavy atom. The second-order valence-corrected chi connectivity index (χ2v) is 25.6. The number of hydrogen-bond acceptors (Lipinski definition) is 29. The molecule has 4 fully saturated rings. The molecule has 12 rings (SSSR count). The summed E-state index contributed by atoms with van der Waals surface area (Å²) in [4.78, 5) is 164. The van der Waals surface area contributed by atoms with Gasteiger partial charge in [0.15, 0.2) is 17.0 Å². The topological polar surface area (TPSA) is 474 Å². The van der Waals surface area contributed by atoms with E-state index >= 15 is 4.57 Å². The Labute approximate surface area is 543 Å². The molecule has 5 N–H and O–H groups in total. The smallest absolute Gasteiger partial charge is 0.460 e. The van der Waals surface area contributed by atoms with E-state index in [0.717, 1.165) is 51.0 Å². The Morgan fingerprint density at radius 3 is 1.60 bits per heavy atom. The van der Waals surface area contributed by atoms with Gasteiger partial charge in [0.25, 0.3) is 17.4 Å². The number of phosphoric acid groups is 2. The number of aliphatic hydroxyl groups excluding tert-OH is 1. The van der Waals surface area contributed by atoms with Crippen LogP contribution in [0, 0.1) is 0 Å². The first kappa shape index (κ1) is 67.7. The molecule has 0 radical (unpaired) electrons. The van der Waals surface area contributed by atoms with Crippen molar-refractivity contribution < 1.29 is 98.9 Å². The third-order valence-corrected chi connectivity index (χ3v) is 18.4. The number of aromatic nitrogens is 10. The van der Waals surface area contributed by atoms with E-state index in [1.165, 1.54) is 49.3 Å². The van der Waals surface area contributed by atoms with Gasteiger partial charge in [-0.15, -0.1) is 0 Å². The van der Waals surface area contributed by atoms with Crippen molar-refractivity contribution in [3.8, 4) is 0 Å². The fraction of sp³-hybridized carbons (Fsp3) is 0.421. The third-order valence-electron chi connectivity index (χ3n) is 15.9. The summed E-state index contributed by atoms with van der Waals surface area (Å²) in [6.45, 7) is 1.13. The molecule has 97 heavy (non-hydrogen) atoms.